The van der Waals surface area contributed by atoms with Crippen LogP contribution in [0.1, 0.15) is 47.0 Å². The highest BCUT2D eigenvalue weighted by Crippen LogP contribution is 2.20. The number of amides is 3. The zero-order valence-corrected chi connectivity index (χ0v) is 15.2. The first-order valence-corrected chi connectivity index (χ1v) is 8.75. The molecule has 1 aliphatic rings. The van der Waals surface area contributed by atoms with E-state index in [-0.39, 0.29) is 30.2 Å². The van der Waals surface area contributed by atoms with Gasteiger partial charge in [0.05, 0.1) is 0 Å². The molecule has 0 spiro atoms. The Bertz CT molecular complexity index is 451. The summed E-state index contributed by atoms with van der Waals surface area (Å²) >= 11 is 0. The van der Waals surface area contributed by atoms with Gasteiger partial charge in [-0.3, -0.25) is 4.79 Å². The van der Waals surface area contributed by atoms with Crippen LogP contribution in [0.3, 0.4) is 0 Å². The number of hydrogen-bond donors (Lipinski definition) is 3. The van der Waals surface area contributed by atoms with Crippen molar-refractivity contribution in [3.8, 4) is 0 Å². The largest absolute Gasteiger partial charge is 0.480 e. The Labute approximate surface area is 144 Å². The molecule has 0 aromatic heterocycles. The minimum atomic E-state index is -1.02. The van der Waals surface area contributed by atoms with Crippen molar-refractivity contribution >= 4 is 17.9 Å². The van der Waals surface area contributed by atoms with Crippen molar-refractivity contribution in [2.45, 2.75) is 53.0 Å². The molecule has 0 saturated carbocycles. The van der Waals surface area contributed by atoms with E-state index in [1.807, 2.05) is 13.8 Å². The average molecular weight is 341 g/mol. The zero-order chi connectivity index (χ0) is 18.3. The zero-order valence-electron chi connectivity index (χ0n) is 15.2. The van der Waals surface area contributed by atoms with E-state index in [2.05, 4.69) is 10.6 Å². The van der Waals surface area contributed by atoms with Crippen molar-refractivity contribution < 1.29 is 19.5 Å². The second kappa shape index (κ2) is 9.49. The second-order valence-corrected chi connectivity index (χ2v) is 7.37. The molecule has 138 valence electrons. The van der Waals surface area contributed by atoms with Crippen molar-refractivity contribution in [2.75, 3.05) is 19.6 Å². The van der Waals surface area contributed by atoms with Gasteiger partial charge < -0.3 is 20.6 Å². The number of carboxylic acids is 1. The van der Waals surface area contributed by atoms with E-state index in [0.717, 1.165) is 12.8 Å². The highest BCUT2D eigenvalue weighted by atomic mass is 16.4. The summed E-state index contributed by atoms with van der Waals surface area (Å²) in [6.45, 7) is 9.48. The molecule has 1 aliphatic heterocycles. The number of carboxylic acid groups (broad SMARTS) is 1. The second-order valence-electron chi connectivity index (χ2n) is 7.37. The summed E-state index contributed by atoms with van der Waals surface area (Å²) in [5.41, 5.74) is 0. The van der Waals surface area contributed by atoms with Crippen LogP contribution in [-0.2, 0) is 9.59 Å². The molecule has 7 nitrogen and oxygen atoms in total. The summed E-state index contributed by atoms with van der Waals surface area (Å²) in [5.74, 6) is -0.979. The third-order valence-corrected chi connectivity index (χ3v) is 4.19. The van der Waals surface area contributed by atoms with E-state index in [1.165, 1.54) is 0 Å². The van der Waals surface area contributed by atoms with E-state index < -0.39 is 12.0 Å². The Kier molecular flexibility index (Phi) is 8.01. The van der Waals surface area contributed by atoms with Gasteiger partial charge in [0, 0.05) is 26.1 Å². The highest BCUT2D eigenvalue weighted by Gasteiger charge is 2.28. The van der Waals surface area contributed by atoms with Crippen LogP contribution in [0, 0.1) is 17.8 Å². The van der Waals surface area contributed by atoms with Crippen LogP contribution in [0.15, 0.2) is 0 Å². The van der Waals surface area contributed by atoms with Gasteiger partial charge in [-0.15, -0.1) is 0 Å². The van der Waals surface area contributed by atoms with Gasteiger partial charge in [0.2, 0.25) is 5.91 Å². The monoisotopic (exact) mass is 341 g/mol. The number of nitrogens with zero attached hydrogens (tertiary/aromatic N) is 1. The van der Waals surface area contributed by atoms with E-state index in [4.69, 9.17) is 5.11 Å². The third-order valence-electron chi connectivity index (χ3n) is 4.19. The van der Waals surface area contributed by atoms with Gasteiger partial charge in [0.1, 0.15) is 6.04 Å². The van der Waals surface area contributed by atoms with Gasteiger partial charge in [-0.2, -0.15) is 0 Å². The fourth-order valence-corrected chi connectivity index (χ4v) is 2.83. The maximum Gasteiger partial charge on any atom is 0.326 e. The molecule has 2 atom stereocenters. The third kappa shape index (κ3) is 6.76. The minimum absolute atomic E-state index is 0.0742. The maximum atomic E-state index is 12.1. The van der Waals surface area contributed by atoms with Crippen LogP contribution in [0.2, 0.25) is 0 Å². The fraction of sp³-hybridized carbons (Fsp3) is 0.824. The quantitative estimate of drug-likeness (QED) is 0.656. The smallest absolute Gasteiger partial charge is 0.326 e. The summed E-state index contributed by atoms with van der Waals surface area (Å²) < 4.78 is 0. The van der Waals surface area contributed by atoms with Gasteiger partial charge in [-0.1, -0.05) is 27.7 Å². The van der Waals surface area contributed by atoms with Crippen molar-refractivity contribution in [2.24, 2.45) is 17.8 Å². The lowest BCUT2D eigenvalue weighted by Gasteiger charge is -2.33. The van der Waals surface area contributed by atoms with Crippen molar-refractivity contribution in [1.82, 2.24) is 15.5 Å². The number of rotatable bonds is 7. The molecular weight excluding hydrogens is 310 g/mol. The number of likely N-dealkylation sites (tertiary alicyclic amines) is 1. The summed E-state index contributed by atoms with van der Waals surface area (Å²) in [7, 11) is 0. The highest BCUT2D eigenvalue weighted by molar-refractivity contribution is 5.83. The van der Waals surface area contributed by atoms with Crippen LogP contribution in [0.5, 0.6) is 0 Å². The van der Waals surface area contributed by atoms with E-state index in [0.29, 0.717) is 25.6 Å². The number of aliphatic carboxylic acids is 1. The number of hydrogen-bond acceptors (Lipinski definition) is 3. The van der Waals surface area contributed by atoms with Crippen molar-refractivity contribution in [3.63, 3.8) is 0 Å². The van der Waals surface area contributed by atoms with E-state index in [9.17, 15) is 14.4 Å². The first-order chi connectivity index (χ1) is 11.2. The van der Waals surface area contributed by atoms with Crippen LogP contribution < -0.4 is 10.6 Å². The van der Waals surface area contributed by atoms with E-state index in [1.54, 1.807) is 18.7 Å². The number of nitrogens with one attached hydrogen (secondary N) is 2. The molecule has 1 unspecified atom stereocenters. The number of piperidine rings is 1. The fourth-order valence-electron chi connectivity index (χ4n) is 2.83. The Hall–Kier alpha value is -1.79. The summed E-state index contributed by atoms with van der Waals surface area (Å²) in [4.78, 5) is 37.2. The predicted octanol–water partition coefficient (Wildman–Crippen LogP) is 1.68. The first-order valence-electron chi connectivity index (χ1n) is 8.75. The molecule has 3 N–H and O–H groups in total. The summed E-state index contributed by atoms with van der Waals surface area (Å²) in [6.07, 6.45) is 1.99. The normalized spacial score (nSPS) is 19.2. The lowest BCUT2D eigenvalue weighted by Crippen LogP contribution is -2.48. The molecule has 1 rings (SSSR count). The molecule has 7 heteroatoms. The van der Waals surface area contributed by atoms with Crippen LogP contribution >= 0.6 is 0 Å². The molecule has 1 saturated heterocycles. The van der Waals surface area contributed by atoms with Crippen LogP contribution in [0.25, 0.3) is 0 Å². The lowest BCUT2D eigenvalue weighted by molar-refractivity contribution is -0.143. The number of carbonyl (C=O) groups excluding carboxylic acids is 2. The van der Waals surface area contributed by atoms with Gasteiger partial charge in [-0.05, 0) is 30.6 Å². The maximum absolute atomic E-state index is 12.1. The molecule has 0 bridgehead atoms. The summed E-state index contributed by atoms with van der Waals surface area (Å²) in [5, 5.41) is 14.6. The van der Waals surface area contributed by atoms with E-state index >= 15 is 0 Å². The van der Waals surface area contributed by atoms with Crippen LogP contribution in [0.4, 0.5) is 4.79 Å². The van der Waals surface area contributed by atoms with Crippen LogP contribution in [-0.4, -0.2) is 53.6 Å². The molecule has 0 aromatic rings. The van der Waals surface area contributed by atoms with Gasteiger partial charge in [-0.25, -0.2) is 9.59 Å². The number of carbonyl (C=O) groups is 3. The molecule has 0 aromatic carbocycles. The van der Waals surface area contributed by atoms with Crippen molar-refractivity contribution in [3.05, 3.63) is 0 Å². The summed E-state index contributed by atoms with van der Waals surface area (Å²) in [6, 6.07) is -0.953. The average Bonchev–Trinajstić information content (AvgIpc) is 2.49. The molecule has 0 radical (unpaired) electrons. The molecule has 3 amide bonds. The van der Waals surface area contributed by atoms with Gasteiger partial charge >= 0.3 is 12.0 Å². The predicted molar refractivity (Wildman–Crippen MR) is 91.6 cm³/mol. The standard InChI is InChI=1S/C17H31N3O4/c1-11(2)9-18-17(24)20-7-5-6-13(10-20)8-14(21)19-15(12(3)4)16(22)23/h11-13,15H,5-10H2,1-4H3,(H,18,24)(H,19,21)(H,22,23)/t13?,15-/m0/s1. The first kappa shape index (κ1) is 20.3. The molecule has 1 heterocycles. The van der Waals surface area contributed by atoms with Gasteiger partial charge in [0.15, 0.2) is 0 Å². The van der Waals surface area contributed by atoms with Gasteiger partial charge in [0.25, 0.3) is 0 Å². The number of urea groups is 1. The molecule has 24 heavy (non-hydrogen) atoms. The molecular formula is C17H31N3O4. The Morgan fingerprint density at radius 2 is 1.88 bits per heavy atom. The van der Waals surface area contributed by atoms with Crippen molar-refractivity contribution in [1.29, 1.82) is 0 Å². The Balaban J connectivity index is 2.48. The Morgan fingerprint density at radius 3 is 2.42 bits per heavy atom. The topological polar surface area (TPSA) is 98.7 Å². The SMILES string of the molecule is CC(C)CNC(=O)N1CCCC(CC(=O)N[C@H](C(=O)O)C(C)C)C1. The Morgan fingerprint density at radius 1 is 1.21 bits per heavy atom. The lowest BCUT2D eigenvalue weighted by atomic mass is 9.94. The minimum Gasteiger partial charge on any atom is -0.480 e. The molecule has 0 aliphatic carbocycles. The molecule has 1 fully saturated rings.